The summed E-state index contributed by atoms with van der Waals surface area (Å²) in [5.41, 5.74) is 11.3. The van der Waals surface area contributed by atoms with Gasteiger partial charge in [0, 0.05) is 44.1 Å². The molecule has 0 spiro atoms. The Morgan fingerprint density at radius 3 is 2.62 bits per heavy atom. The van der Waals surface area contributed by atoms with E-state index in [-0.39, 0.29) is 17.2 Å². The Morgan fingerprint density at radius 1 is 1.10 bits per heavy atom. The van der Waals surface area contributed by atoms with Gasteiger partial charge in [0.25, 0.3) is 5.91 Å². The van der Waals surface area contributed by atoms with Gasteiger partial charge in [0.15, 0.2) is 17.5 Å². The van der Waals surface area contributed by atoms with Crippen molar-refractivity contribution in [2.24, 2.45) is 11.5 Å². The fourth-order valence-corrected chi connectivity index (χ4v) is 2.47. The third-order valence-electron chi connectivity index (χ3n) is 3.79. The summed E-state index contributed by atoms with van der Waals surface area (Å²) in [5, 5.41) is 17.0. The molecule has 0 radical (unpaired) electrons. The summed E-state index contributed by atoms with van der Waals surface area (Å²) in [6.45, 7) is 2.16. The topological polar surface area (TPSA) is 162 Å². The number of amides is 1. The van der Waals surface area contributed by atoms with E-state index in [9.17, 15) is 9.18 Å². The highest BCUT2D eigenvalue weighted by atomic mass is 19.1. The van der Waals surface area contributed by atoms with Crippen LogP contribution in [0.4, 0.5) is 21.7 Å². The maximum Gasteiger partial charge on any atom is 0.252 e. The summed E-state index contributed by atoms with van der Waals surface area (Å²) in [4.78, 5) is 21.5. The Labute approximate surface area is 165 Å². The Balaban J connectivity index is 1.82. The van der Waals surface area contributed by atoms with Crippen LogP contribution in [0.2, 0.25) is 0 Å². The SMILES string of the molecule is NCCNCCNc1nc(Nc2ccnc(-n3nccn3)c2)c(C(N)=O)cc1F. The Kier molecular flexibility index (Phi) is 6.60. The van der Waals surface area contributed by atoms with Gasteiger partial charge in [-0.05, 0) is 12.1 Å². The van der Waals surface area contributed by atoms with Gasteiger partial charge in [-0.1, -0.05) is 0 Å². The molecule has 0 saturated heterocycles. The highest BCUT2D eigenvalue weighted by Gasteiger charge is 2.16. The second kappa shape index (κ2) is 9.52. The number of anilines is 3. The summed E-state index contributed by atoms with van der Waals surface area (Å²) in [7, 11) is 0. The molecule has 0 atom stereocenters. The van der Waals surface area contributed by atoms with Gasteiger partial charge < -0.3 is 27.4 Å². The number of carbonyl (C=O) groups is 1. The molecule has 0 bridgehead atoms. The molecule has 0 fully saturated rings. The van der Waals surface area contributed by atoms with Crippen molar-refractivity contribution in [2.45, 2.75) is 0 Å². The molecule has 0 aliphatic carbocycles. The van der Waals surface area contributed by atoms with Gasteiger partial charge in [0.2, 0.25) is 0 Å². The van der Waals surface area contributed by atoms with Crippen molar-refractivity contribution in [3.63, 3.8) is 0 Å². The van der Waals surface area contributed by atoms with Crippen LogP contribution in [0.1, 0.15) is 10.4 Å². The van der Waals surface area contributed by atoms with Crippen LogP contribution in [0, 0.1) is 5.82 Å². The smallest absolute Gasteiger partial charge is 0.252 e. The maximum absolute atomic E-state index is 14.3. The lowest BCUT2D eigenvalue weighted by Gasteiger charge is -2.14. The first-order valence-corrected chi connectivity index (χ1v) is 8.83. The molecule has 1 amide bonds. The number of nitrogens with one attached hydrogen (secondary N) is 3. The van der Waals surface area contributed by atoms with Crippen molar-refractivity contribution in [1.82, 2.24) is 30.3 Å². The second-order valence-corrected chi connectivity index (χ2v) is 5.89. The van der Waals surface area contributed by atoms with E-state index >= 15 is 0 Å². The van der Waals surface area contributed by atoms with Gasteiger partial charge in [0.1, 0.15) is 5.82 Å². The molecule has 12 heteroatoms. The van der Waals surface area contributed by atoms with Crippen LogP contribution in [-0.2, 0) is 0 Å². The first kappa shape index (κ1) is 20.1. The fourth-order valence-electron chi connectivity index (χ4n) is 2.47. The monoisotopic (exact) mass is 400 g/mol. The Hall–Kier alpha value is -3.64. The van der Waals surface area contributed by atoms with E-state index in [1.807, 2.05) is 0 Å². The van der Waals surface area contributed by atoms with E-state index in [2.05, 4.69) is 36.1 Å². The van der Waals surface area contributed by atoms with E-state index in [1.54, 1.807) is 12.1 Å². The minimum atomic E-state index is -0.807. The summed E-state index contributed by atoms with van der Waals surface area (Å²) in [6.07, 6.45) is 4.58. The molecule has 7 N–H and O–H groups in total. The maximum atomic E-state index is 14.3. The first-order chi connectivity index (χ1) is 14.1. The average Bonchev–Trinajstić information content (AvgIpc) is 3.25. The number of aromatic nitrogens is 5. The molecule has 3 heterocycles. The van der Waals surface area contributed by atoms with E-state index in [4.69, 9.17) is 11.5 Å². The van der Waals surface area contributed by atoms with Crippen LogP contribution >= 0.6 is 0 Å². The van der Waals surface area contributed by atoms with E-state index in [0.29, 0.717) is 37.7 Å². The van der Waals surface area contributed by atoms with Gasteiger partial charge in [-0.3, -0.25) is 4.79 Å². The number of halogens is 1. The quantitative estimate of drug-likeness (QED) is 0.295. The number of hydrogen-bond donors (Lipinski definition) is 5. The third kappa shape index (κ3) is 5.21. The molecular weight excluding hydrogens is 379 g/mol. The van der Waals surface area contributed by atoms with Crippen molar-refractivity contribution in [1.29, 1.82) is 0 Å². The number of carbonyl (C=O) groups excluding carboxylic acids is 1. The summed E-state index contributed by atoms with van der Waals surface area (Å²) < 4.78 is 14.3. The van der Waals surface area contributed by atoms with Crippen LogP contribution < -0.4 is 27.4 Å². The average molecular weight is 400 g/mol. The van der Waals surface area contributed by atoms with Crippen molar-refractivity contribution in [3.8, 4) is 5.82 Å². The van der Waals surface area contributed by atoms with E-state index in [1.165, 1.54) is 23.4 Å². The predicted octanol–water partition coefficient (Wildman–Crippen LogP) is -0.000900. The summed E-state index contributed by atoms with van der Waals surface area (Å²) in [5.74, 6) is -0.929. The number of hydrogen-bond acceptors (Lipinski definition) is 9. The Bertz CT molecular complexity index is 963. The zero-order valence-corrected chi connectivity index (χ0v) is 15.5. The van der Waals surface area contributed by atoms with E-state index in [0.717, 1.165) is 6.07 Å². The van der Waals surface area contributed by atoms with Gasteiger partial charge >= 0.3 is 0 Å². The molecule has 0 aliphatic heterocycles. The molecule has 3 aromatic rings. The molecule has 29 heavy (non-hydrogen) atoms. The minimum absolute atomic E-state index is 0.00456. The largest absolute Gasteiger partial charge is 0.366 e. The number of rotatable bonds is 10. The molecule has 3 aromatic heterocycles. The molecule has 3 rings (SSSR count). The normalized spacial score (nSPS) is 10.7. The highest BCUT2D eigenvalue weighted by molar-refractivity contribution is 5.98. The van der Waals surface area contributed by atoms with E-state index < -0.39 is 11.7 Å². The van der Waals surface area contributed by atoms with Crippen LogP contribution in [0.3, 0.4) is 0 Å². The lowest BCUT2D eigenvalue weighted by Crippen LogP contribution is -2.28. The Morgan fingerprint density at radius 2 is 1.90 bits per heavy atom. The summed E-state index contributed by atoms with van der Waals surface area (Å²) >= 11 is 0. The molecule has 0 aromatic carbocycles. The van der Waals surface area contributed by atoms with Crippen LogP contribution in [0.25, 0.3) is 5.82 Å². The zero-order chi connectivity index (χ0) is 20.6. The number of pyridine rings is 2. The minimum Gasteiger partial charge on any atom is -0.366 e. The zero-order valence-electron chi connectivity index (χ0n) is 15.5. The predicted molar refractivity (Wildman–Crippen MR) is 106 cm³/mol. The second-order valence-electron chi connectivity index (χ2n) is 5.89. The molecule has 0 aliphatic rings. The number of nitrogens with zero attached hydrogens (tertiary/aromatic N) is 5. The fraction of sp³-hybridized carbons (Fsp3) is 0.235. The lowest BCUT2D eigenvalue weighted by atomic mass is 10.2. The molecule has 152 valence electrons. The molecule has 0 unspecified atom stereocenters. The molecule has 11 nitrogen and oxygen atoms in total. The van der Waals surface area contributed by atoms with Crippen molar-refractivity contribution >= 4 is 23.2 Å². The standard InChI is InChI=1S/C17H21FN10O/c18-13-10-12(15(20)29)16(27-17(13)23-6-5-21-4-2-19)26-11-1-3-22-14(9-11)28-24-7-8-25-28/h1,3,7-10,21H,2,4-6,19H2,(H2,20,29)(H2,22,23,26,27). The number of primary amides is 1. The first-order valence-electron chi connectivity index (χ1n) is 8.83. The summed E-state index contributed by atoms with van der Waals surface area (Å²) in [6, 6.07) is 4.36. The van der Waals surface area contributed by atoms with Crippen LogP contribution in [0.15, 0.2) is 36.8 Å². The molecular formula is C17H21FN10O. The third-order valence-corrected chi connectivity index (χ3v) is 3.79. The van der Waals surface area contributed by atoms with Gasteiger partial charge in [-0.15, -0.1) is 4.80 Å². The lowest BCUT2D eigenvalue weighted by molar-refractivity contribution is 0.100. The van der Waals surface area contributed by atoms with Crippen molar-refractivity contribution in [3.05, 3.63) is 48.2 Å². The van der Waals surface area contributed by atoms with Gasteiger partial charge in [0.05, 0.1) is 18.0 Å². The number of nitrogens with two attached hydrogens (primary N) is 2. The molecule has 0 saturated carbocycles. The van der Waals surface area contributed by atoms with Crippen molar-refractivity contribution in [2.75, 3.05) is 36.8 Å². The van der Waals surface area contributed by atoms with Gasteiger partial charge in [-0.2, -0.15) is 10.2 Å². The van der Waals surface area contributed by atoms with Gasteiger partial charge in [-0.25, -0.2) is 14.4 Å². The van der Waals surface area contributed by atoms with Crippen LogP contribution in [-0.4, -0.2) is 57.0 Å². The van der Waals surface area contributed by atoms with Crippen molar-refractivity contribution < 1.29 is 9.18 Å². The van der Waals surface area contributed by atoms with Crippen LogP contribution in [0.5, 0.6) is 0 Å². The highest BCUT2D eigenvalue weighted by Crippen LogP contribution is 2.24.